The van der Waals surface area contributed by atoms with Crippen LogP contribution in [0.1, 0.15) is 69.2 Å². The van der Waals surface area contributed by atoms with Gasteiger partial charge in [-0.3, -0.25) is 0 Å². The summed E-state index contributed by atoms with van der Waals surface area (Å²) in [5.74, 6) is 1.89. The van der Waals surface area contributed by atoms with Crippen LogP contribution in [0.4, 0.5) is 0 Å². The minimum Gasteiger partial charge on any atom is -0.303 e. The van der Waals surface area contributed by atoms with E-state index in [4.69, 9.17) is 11.6 Å². The maximum Gasteiger partial charge on any atom is 0.129 e. The van der Waals surface area contributed by atoms with E-state index >= 15 is 0 Å². The molecule has 0 N–H and O–H groups in total. The summed E-state index contributed by atoms with van der Waals surface area (Å²) < 4.78 is 0. The lowest BCUT2D eigenvalue weighted by Gasteiger charge is -2.31. The Hall–Kier alpha value is -0.960. The lowest BCUT2D eigenvalue weighted by Crippen LogP contribution is -2.22. The number of aromatic nitrogens is 2. The quantitative estimate of drug-likeness (QED) is 0.521. The average Bonchev–Trinajstić information content (AvgIpc) is 2.56. The zero-order valence-corrected chi connectivity index (χ0v) is 14.3. The summed E-state index contributed by atoms with van der Waals surface area (Å²) in [5, 5.41) is 8.58. The van der Waals surface area contributed by atoms with E-state index in [1.54, 1.807) is 0 Å². The number of aryl methyl sites for hydroxylation is 1. The lowest BCUT2D eigenvalue weighted by molar-refractivity contribution is -0.110. The molecule has 1 atom stereocenters. The van der Waals surface area contributed by atoms with Crippen LogP contribution in [-0.2, 0) is 11.2 Å². The number of nitrogens with zero attached hydrogens (tertiary/aromatic N) is 2. The summed E-state index contributed by atoms with van der Waals surface area (Å²) >= 11 is 5.78. The monoisotopic (exact) mass is 322 g/mol. The number of aldehydes is 1. The molecule has 0 aromatic carbocycles. The SMILES string of the molecule is CCCc1ccc(C(C=O)C2CCC(CCCCl)CC2)nn1. The predicted octanol–water partition coefficient (Wildman–Crippen LogP) is 4.54. The highest BCUT2D eigenvalue weighted by atomic mass is 35.5. The molecule has 3 nitrogen and oxygen atoms in total. The van der Waals surface area contributed by atoms with Crippen molar-refractivity contribution in [3.05, 3.63) is 23.5 Å². The summed E-state index contributed by atoms with van der Waals surface area (Å²) in [6.07, 6.45) is 10.1. The molecule has 0 aliphatic heterocycles. The van der Waals surface area contributed by atoms with Gasteiger partial charge in [-0.1, -0.05) is 26.2 Å². The molecule has 1 saturated carbocycles. The fourth-order valence-corrected chi connectivity index (χ4v) is 3.72. The van der Waals surface area contributed by atoms with Crippen molar-refractivity contribution in [3.8, 4) is 0 Å². The van der Waals surface area contributed by atoms with Crippen LogP contribution in [0, 0.1) is 11.8 Å². The van der Waals surface area contributed by atoms with Crippen LogP contribution in [0.5, 0.6) is 0 Å². The molecule has 1 aromatic heterocycles. The minimum atomic E-state index is -0.0860. The Bertz CT molecular complexity index is 441. The largest absolute Gasteiger partial charge is 0.303 e. The first kappa shape index (κ1) is 17.4. The van der Waals surface area contributed by atoms with Crippen LogP contribution in [0.15, 0.2) is 12.1 Å². The topological polar surface area (TPSA) is 42.9 Å². The van der Waals surface area contributed by atoms with Crippen LogP contribution >= 0.6 is 11.6 Å². The third-order valence-corrected chi connectivity index (χ3v) is 5.15. The van der Waals surface area contributed by atoms with E-state index in [1.165, 1.54) is 19.3 Å². The van der Waals surface area contributed by atoms with Crippen molar-refractivity contribution in [2.75, 3.05) is 5.88 Å². The smallest absolute Gasteiger partial charge is 0.129 e. The van der Waals surface area contributed by atoms with Crippen molar-refractivity contribution in [2.24, 2.45) is 11.8 Å². The van der Waals surface area contributed by atoms with Gasteiger partial charge in [0.15, 0.2) is 0 Å². The molecule has 0 bridgehead atoms. The summed E-state index contributed by atoms with van der Waals surface area (Å²) in [6.45, 7) is 2.13. The molecular weight excluding hydrogens is 296 g/mol. The second kappa shape index (κ2) is 9.24. The van der Waals surface area contributed by atoms with Gasteiger partial charge in [0, 0.05) is 5.88 Å². The number of hydrogen-bond donors (Lipinski definition) is 0. The predicted molar refractivity (Wildman–Crippen MR) is 90.2 cm³/mol. The van der Waals surface area contributed by atoms with Crippen molar-refractivity contribution < 1.29 is 4.79 Å². The lowest BCUT2D eigenvalue weighted by atomic mass is 9.74. The minimum absolute atomic E-state index is 0.0860. The molecule has 0 saturated heterocycles. The van der Waals surface area contributed by atoms with Crippen LogP contribution in [0.25, 0.3) is 0 Å². The molecule has 0 radical (unpaired) electrons. The highest BCUT2D eigenvalue weighted by molar-refractivity contribution is 6.17. The molecule has 22 heavy (non-hydrogen) atoms. The Kier molecular flexibility index (Phi) is 7.31. The van der Waals surface area contributed by atoms with E-state index in [0.717, 1.165) is 61.6 Å². The Balaban J connectivity index is 1.93. The van der Waals surface area contributed by atoms with E-state index < -0.39 is 0 Å². The number of alkyl halides is 1. The van der Waals surface area contributed by atoms with Gasteiger partial charge in [-0.2, -0.15) is 10.2 Å². The number of carbonyl (C=O) groups is 1. The van der Waals surface area contributed by atoms with E-state index in [1.807, 2.05) is 12.1 Å². The normalized spacial score (nSPS) is 23.2. The molecule has 1 aromatic rings. The zero-order valence-electron chi connectivity index (χ0n) is 13.5. The van der Waals surface area contributed by atoms with E-state index in [2.05, 4.69) is 17.1 Å². The van der Waals surface area contributed by atoms with Crippen LogP contribution in [0.2, 0.25) is 0 Å². The maximum absolute atomic E-state index is 11.6. The highest BCUT2D eigenvalue weighted by Gasteiger charge is 2.29. The molecule has 0 spiro atoms. The molecule has 1 aliphatic rings. The zero-order chi connectivity index (χ0) is 15.8. The van der Waals surface area contributed by atoms with E-state index in [9.17, 15) is 4.79 Å². The average molecular weight is 323 g/mol. The fraction of sp³-hybridized carbons (Fsp3) is 0.722. The fourth-order valence-electron chi connectivity index (χ4n) is 3.56. The first-order chi connectivity index (χ1) is 10.8. The maximum atomic E-state index is 11.6. The van der Waals surface area contributed by atoms with Gasteiger partial charge in [-0.25, -0.2) is 0 Å². The van der Waals surface area contributed by atoms with Crippen LogP contribution in [0.3, 0.4) is 0 Å². The van der Waals surface area contributed by atoms with Gasteiger partial charge in [0.25, 0.3) is 0 Å². The van der Waals surface area contributed by atoms with Crippen molar-refractivity contribution >= 4 is 17.9 Å². The summed E-state index contributed by atoms with van der Waals surface area (Å²) in [5.41, 5.74) is 1.86. The second-order valence-electron chi connectivity index (χ2n) is 6.47. The first-order valence-corrected chi connectivity index (χ1v) is 9.15. The van der Waals surface area contributed by atoms with Gasteiger partial charge in [-0.15, -0.1) is 11.6 Å². The number of rotatable bonds is 8. The van der Waals surface area contributed by atoms with Crippen molar-refractivity contribution in [1.29, 1.82) is 0 Å². The number of carbonyl (C=O) groups excluding carboxylic acids is 1. The summed E-state index contributed by atoms with van der Waals surface area (Å²) in [6, 6.07) is 4.02. The molecule has 4 heteroatoms. The standard InChI is InChI=1S/C18H27ClN2O/c1-2-4-16-10-11-18(21-20-16)17(13-22)15-8-6-14(7-9-15)5-3-12-19/h10-11,13-15,17H,2-9,12H2,1H3. The number of halogens is 1. The van der Waals surface area contributed by atoms with Crippen molar-refractivity contribution in [1.82, 2.24) is 10.2 Å². The van der Waals surface area contributed by atoms with Gasteiger partial charge < -0.3 is 4.79 Å². The van der Waals surface area contributed by atoms with Gasteiger partial charge in [-0.05, 0) is 56.1 Å². The van der Waals surface area contributed by atoms with Crippen molar-refractivity contribution in [3.63, 3.8) is 0 Å². The molecule has 1 heterocycles. The van der Waals surface area contributed by atoms with Gasteiger partial charge in [0.2, 0.25) is 0 Å². The molecule has 1 aliphatic carbocycles. The molecule has 0 amide bonds. The van der Waals surface area contributed by atoms with Crippen molar-refractivity contribution in [2.45, 2.75) is 64.2 Å². The summed E-state index contributed by atoms with van der Waals surface area (Å²) in [4.78, 5) is 11.6. The molecular formula is C18H27ClN2O. The van der Waals surface area contributed by atoms with Crippen LogP contribution in [-0.4, -0.2) is 22.4 Å². The highest BCUT2D eigenvalue weighted by Crippen LogP contribution is 2.38. The van der Waals surface area contributed by atoms with E-state index in [0.29, 0.717) is 5.92 Å². The molecule has 122 valence electrons. The third kappa shape index (κ3) is 4.77. The van der Waals surface area contributed by atoms with E-state index in [-0.39, 0.29) is 5.92 Å². The molecule has 1 fully saturated rings. The first-order valence-electron chi connectivity index (χ1n) is 8.62. The van der Waals surface area contributed by atoms with Gasteiger partial charge in [0.05, 0.1) is 17.3 Å². The Labute approximate surface area is 138 Å². The Morgan fingerprint density at radius 2 is 2.05 bits per heavy atom. The third-order valence-electron chi connectivity index (χ3n) is 4.88. The van der Waals surface area contributed by atoms with Gasteiger partial charge >= 0.3 is 0 Å². The Morgan fingerprint density at radius 3 is 2.59 bits per heavy atom. The number of hydrogen-bond acceptors (Lipinski definition) is 3. The van der Waals surface area contributed by atoms with Crippen LogP contribution < -0.4 is 0 Å². The second-order valence-corrected chi connectivity index (χ2v) is 6.85. The van der Waals surface area contributed by atoms with Gasteiger partial charge in [0.1, 0.15) is 6.29 Å². The molecule has 2 rings (SSSR count). The molecule has 1 unspecified atom stereocenters. The Morgan fingerprint density at radius 1 is 1.27 bits per heavy atom. The summed E-state index contributed by atoms with van der Waals surface area (Å²) in [7, 11) is 0.